The topological polar surface area (TPSA) is 19.0 Å². The fourth-order valence-corrected chi connectivity index (χ4v) is 2.83. The van der Waals surface area contributed by atoms with Crippen molar-refractivity contribution in [3.05, 3.63) is 35.5 Å². The number of likely N-dealkylation sites (tertiary alicyclic amines) is 1. The molecule has 2 heterocycles. The molecule has 0 unspecified atom stereocenters. The van der Waals surface area contributed by atoms with Crippen LogP contribution in [0.5, 0.6) is 0 Å². The molecule has 0 bridgehead atoms. The van der Waals surface area contributed by atoms with Gasteiger partial charge in [-0.25, -0.2) is 0 Å². The molecule has 0 aliphatic carbocycles. The molecule has 1 saturated heterocycles. The van der Waals surface area contributed by atoms with Crippen molar-refractivity contribution in [1.29, 1.82) is 0 Å². The maximum atomic E-state index is 3.39. The first-order valence-electron chi connectivity index (χ1n) is 6.03. The summed E-state index contributed by atoms with van der Waals surface area (Å²) < 4.78 is 0. The van der Waals surface area contributed by atoms with Crippen LogP contribution in [0, 0.1) is 6.92 Å². The van der Waals surface area contributed by atoms with Gasteiger partial charge in [0.2, 0.25) is 0 Å². The Kier molecular flexibility index (Phi) is 2.25. The molecule has 1 aliphatic heterocycles. The van der Waals surface area contributed by atoms with E-state index in [0.717, 1.165) is 0 Å². The highest BCUT2D eigenvalue weighted by molar-refractivity contribution is 5.84. The van der Waals surface area contributed by atoms with Gasteiger partial charge in [0, 0.05) is 23.1 Å². The second kappa shape index (κ2) is 3.63. The van der Waals surface area contributed by atoms with Crippen molar-refractivity contribution < 1.29 is 0 Å². The highest BCUT2D eigenvalue weighted by Gasteiger charge is 2.24. The SMILES string of the molecule is Cc1ccc2[nH]cc([C@@H]3CCCN3C)c2c1. The van der Waals surface area contributed by atoms with Crippen LogP contribution in [0.15, 0.2) is 24.4 Å². The average Bonchev–Trinajstić information content (AvgIpc) is 2.83. The van der Waals surface area contributed by atoms with E-state index in [1.54, 1.807) is 0 Å². The second-order valence-electron chi connectivity index (χ2n) is 4.93. The van der Waals surface area contributed by atoms with E-state index >= 15 is 0 Å². The summed E-state index contributed by atoms with van der Waals surface area (Å²) in [6.07, 6.45) is 4.80. The Morgan fingerprint density at radius 1 is 1.38 bits per heavy atom. The molecule has 1 N–H and O–H groups in total. The predicted molar refractivity (Wildman–Crippen MR) is 67.6 cm³/mol. The lowest BCUT2D eigenvalue weighted by molar-refractivity contribution is 0.319. The van der Waals surface area contributed by atoms with E-state index in [4.69, 9.17) is 0 Å². The number of benzene rings is 1. The maximum absolute atomic E-state index is 3.39. The maximum Gasteiger partial charge on any atom is 0.0457 e. The summed E-state index contributed by atoms with van der Waals surface area (Å²) >= 11 is 0. The molecule has 84 valence electrons. The summed E-state index contributed by atoms with van der Waals surface area (Å²) in [4.78, 5) is 5.85. The highest BCUT2D eigenvalue weighted by Crippen LogP contribution is 2.34. The fraction of sp³-hybridized carbons (Fsp3) is 0.429. The highest BCUT2D eigenvalue weighted by atomic mass is 15.1. The third-order valence-corrected chi connectivity index (χ3v) is 3.75. The molecule has 0 amide bonds. The monoisotopic (exact) mass is 214 g/mol. The van der Waals surface area contributed by atoms with Gasteiger partial charge < -0.3 is 4.98 Å². The summed E-state index contributed by atoms with van der Waals surface area (Å²) in [6, 6.07) is 7.26. The number of hydrogen-bond donors (Lipinski definition) is 1. The normalized spacial score (nSPS) is 22.0. The Balaban J connectivity index is 2.12. The molecule has 0 radical (unpaired) electrons. The van der Waals surface area contributed by atoms with Crippen LogP contribution in [0.1, 0.15) is 30.0 Å². The molecule has 1 aromatic heterocycles. The minimum atomic E-state index is 0.607. The lowest BCUT2D eigenvalue weighted by Gasteiger charge is -2.18. The van der Waals surface area contributed by atoms with Gasteiger partial charge >= 0.3 is 0 Å². The van der Waals surface area contributed by atoms with Gasteiger partial charge in [0.15, 0.2) is 0 Å². The molecule has 1 aromatic carbocycles. The van der Waals surface area contributed by atoms with E-state index in [1.807, 2.05) is 0 Å². The Morgan fingerprint density at radius 2 is 2.25 bits per heavy atom. The first-order chi connectivity index (χ1) is 7.75. The molecule has 1 atom stereocenters. The Hall–Kier alpha value is -1.28. The van der Waals surface area contributed by atoms with Gasteiger partial charge in [-0.05, 0) is 51.1 Å². The smallest absolute Gasteiger partial charge is 0.0457 e. The molecule has 1 fully saturated rings. The Morgan fingerprint density at radius 3 is 3.00 bits per heavy atom. The van der Waals surface area contributed by atoms with Crippen LogP contribution < -0.4 is 0 Å². The van der Waals surface area contributed by atoms with Crippen molar-refractivity contribution in [2.24, 2.45) is 0 Å². The third-order valence-electron chi connectivity index (χ3n) is 3.75. The Bertz CT molecular complexity index is 512. The summed E-state index contributed by atoms with van der Waals surface area (Å²) in [5.74, 6) is 0. The van der Waals surface area contributed by atoms with Crippen molar-refractivity contribution in [2.75, 3.05) is 13.6 Å². The zero-order chi connectivity index (χ0) is 11.1. The van der Waals surface area contributed by atoms with Crippen LogP contribution in [-0.2, 0) is 0 Å². The summed E-state index contributed by atoms with van der Waals surface area (Å²) in [7, 11) is 2.23. The van der Waals surface area contributed by atoms with Gasteiger partial charge in [0.1, 0.15) is 0 Å². The van der Waals surface area contributed by atoms with Gasteiger partial charge in [0.05, 0.1) is 0 Å². The molecule has 16 heavy (non-hydrogen) atoms. The molecule has 2 aromatic rings. The lowest BCUT2D eigenvalue weighted by Crippen LogP contribution is -2.17. The van der Waals surface area contributed by atoms with Gasteiger partial charge in [-0.1, -0.05) is 11.6 Å². The van der Waals surface area contributed by atoms with Crippen LogP contribution in [0.2, 0.25) is 0 Å². The number of H-pyrrole nitrogens is 1. The van der Waals surface area contributed by atoms with Crippen LogP contribution in [0.4, 0.5) is 0 Å². The Labute approximate surface area is 96.3 Å². The van der Waals surface area contributed by atoms with Crippen molar-refractivity contribution >= 4 is 10.9 Å². The minimum absolute atomic E-state index is 0.607. The van der Waals surface area contributed by atoms with Crippen molar-refractivity contribution in [1.82, 2.24) is 9.88 Å². The standard InChI is InChI=1S/C14H18N2/c1-10-5-6-13-11(8-10)12(9-15-13)14-4-3-7-16(14)2/h5-6,8-9,14-15H,3-4,7H2,1-2H3/t14-/m0/s1. The van der Waals surface area contributed by atoms with Crippen LogP contribution in [0.3, 0.4) is 0 Å². The predicted octanol–water partition coefficient (Wildman–Crippen LogP) is 3.24. The molecule has 0 saturated carbocycles. The molecular weight excluding hydrogens is 196 g/mol. The minimum Gasteiger partial charge on any atom is -0.361 e. The van der Waals surface area contributed by atoms with Crippen LogP contribution in [0.25, 0.3) is 10.9 Å². The van der Waals surface area contributed by atoms with E-state index in [-0.39, 0.29) is 0 Å². The van der Waals surface area contributed by atoms with E-state index in [9.17, 15) is 0 Å². The zero-order valence-corrected chi connectivity index (χ0v) is 9.96. The van der Waals surface area contributed by atoms with Crippen molar-refractivity contribution in [3.8, 4) is 0 Å². The van der Waals surface area contributed by atoms with Gasteiger partial charge in [0.25, 0.3) is 0 Å². The van der Waals surface area contributed by atoms with Gasteiger partial charge in [-0.15, -0.1) is 0 Å². The third kappa shape index (κ3) is 1.45. The summed E-state index contributed by atoms with van der Waals surface area (Å²) in [5.41, 5.74) is 4.08. The average molecular weight is 214 g/mol. The molecule has 2 heteroatoms. The van der Waals surface area contributed by atoms with E-state index in [2.05, 4.69) is 48.3 Å². The first kappa shape index (κ1) is 9.91. The second-order valence-corrected chi connectivity index (χ2v) is 4.93. The van der Waals surface area contributed by atoms with Crippen molar-refractivity contribution in [3.63, 3.8) is 0 Å². The lowest BCUT2D eigenvalue weighted by atomic mass is 10.0. The number of aromatic amines is 1. The number of rotatable bonds is 1. The number of aryl methyl sites for hydroxylation is 1. The van der Waals surface area contributed by atoms with E-state index < -0.39 is 0 Å². The number of fused-ring (bicyclic) bond motifs is 1. The summed E-state index contributed by atoms with van der Waals surface area (Å²) in [6.45, 7) is 3.39. The van der Waals surface area contributed by atoms with Crippen molar-refractivity contribution in [2.45, 2.75) is 25.8 Å². The van der Waals surface area contributed by atoms with Crippen LogP contribution >= 0.6 is 0 Å². The molecule has 1 aliphatic rings. The van der Waals surface area contributed by atoms with E-state index in [1.165, 1.54) is 41.4 Å². The van der Waals surface area contributed by atoms with Gasteiger partial charge in [-0.2, -0.15) is 0 Å². The fourth-order valence-electron chi connectivity index (χ4n) is 2.83. The number of nitrogens with zero attached hydrogens (tertiary/aromatic N) is 1. The largest absolute Gasteiger partial charge is 0.361 e. The quantitative estimate of drug-likeness (QED) is 0.772. The first-order valence-corrected chi connectivity index (χ1v) is 6.03. The van der Waals surface area contributed by atoms with E-state index in [0.29, 0.717) is 6.04 Å². The van der Waals surface area contributed by atoms with Crippen LogP contribution in [-0.4, -0.2) is 23.5 Å². The molecule has 2 nitrogen and oxygen atoms in total. The summed E-state index contributed by atoms with van der Waals surface area (Å²) in [5, 5.41) is 1.40. The molecular formula is C14H18N2. The molecule has 3 rings (SSSR count). The number of hydrogen-bond acceptors (Lipinski definition) is 1. The molecule has 0 spiro atoms. The number of nitrogens with one attached hydrogen (secondary N) is 1. The number of aromatic nitrogens is 1. The zero-order valence-electron chi connectivity index (χ0n) is 9.96. The van der Waals surface area contributed by atoms with Gasteiger partial charge in [-0.3, -0.25) is 4.90 Å².